The highest BCUT2D eigenvalue weighted by Crippen LogP contribution is 2.19. The fraction of sp³-hybridized carbons (Fsp3) is 0.833. The zero-order valence-electron chi connectivity index (χ0n) is 6.06. The molecule has 0 aliphatic carbocycles. The second-order valence-electron chi connectivity index (χ2n) is 3.13. The van der Waals surface area contributed by atoms with Gasteiger partial charge in [-0.2, -0.15) is 0 Å². The number of hydrogen-bond donors (Lipinski definition) is 1. The van der Waals surface area contributed by atoms with Crippen molar-refractivity contribution in [3.05, 3.63) is 0 Å². The third-order valence-electron chi connectivity index (χ3n) is 1.17. The summed E-state index contributed by atoms with van der Waals surface area (Å²) < 4.78 is 3.16. The molecule has 1 heterocycles. The quantitative estimate of drug-likeness (QED) is 0.523. The Morgan fingerprint density at radius 3 is 2.44 bits per heavy atom. The normalized spacial score (nSPS) is 19.2. The lowest BCUT2D eigenvalue weighted by molar-refractivity contribution is 0.581. The summed E-state index contributed by atoms with van der Waals surface area (Å²) in [5.74, 6) is 1.99. The first kappa shape index (κ1) is 6.93. The first-order valence-electron chi connectivity index (χ1n) is 3.03. The smallest absolute Gasteiger partial charge is 0.113 e. The third kappa shape index (κ3) is 1.61. The van der Waals surface area contributed by atoms with E-state index in [1.807, 2.05) is 0 Å². The van der Waals surface area contributed by atoms with Gasteiger partial charge in [0.1, 0.15) is 11.7 Å². The van der Waals surface area contributed by atoms with E-state index in [1.54, 1.807) is 11.9 Å². The molecule has 3 heteroatoms. The molecule has 1 rings (SSSR count). The maximum absolute atomic E-state index is 4.28. The van der Waals surface area contributed by atoms with Crippen LogP contribution in [0.2, 0.25) is 0 Å². The molecule has 0 aromatic rings. The molecule has 1 N–H and O–H groups in total. The van der Waals surface area contributed by atoms with Crippen molar-refractivity contribution in [3.63, 3.8) is 0 Å². The van der Waals surface area contributed by atoms with E-state index in [1.165, 1.54) is 0 Å². The Balaban J connectivity index is 2.61. The van der Waals surface area contributed by atoms with Crippen molar-refractivity contribution in [1.82, 2.24) is 4.72 Å². The van der Waals surface area contributed by atoms with Gasteiger partial charge in [0.25, 0.3) is 0 Å². The number of amidine groups is 1. The van der Waals surface area contributed by atoms with Crippen LogP contribution in [0.15, 0.2) is 4.99 Å². The van der Waals surface area contributed by atoms with Crippen LogP contribution < -0.4 is 4.72 Å². The lowest BCUT2D eigenvalue weighted by Gasteiger charge is -2.17. The van der Waals surface area contributed by atoms with Crippen LogP contribution in [-0.2, 0) is 0 Å². The molecule has 52 valence electrons. The Labute approximate surface area is 60.3 Å². The summed E-state index contributed by atoms with van der Waals surface area (Å²) in [7, 11) is 0. The van der Waals surface area contributed by atoms with E-state index in [2.05, 4.69) is 30.5 Å². The summed E-state index contributed by atoms with van der Waals surface area (Å²) in [5, 5.41) is 0. The van der Waals surface area contributed by atoms with Crippen molar-refractivity contribution < 1.29 is 0 Å². The van der Waals surface area contributed by atoms with Gasteiger partial charge < -0.3 is 4.72 Å². The zero-order valence-corrected chi connectivity index (χ0v) is 6.88. The van der Waals surface area contributed by atoms with E-state index in [9.17, 15) is 0 Å². The highest BCUT2D eigenvalue weighted by atomic mass is 32.2. The molecule has 0 amide bonds. The summed E-state index contributed by atoms with van der Waals surface area (Å²) in [4.78, 5) is 4.28. The van der Waals surface area contributed by atoms with E-state index in [0.29, 0.717) is 0 Å². The summed E-state index contributed by atoms with van der Waals surface area (Å²) in [6.45, 7) is 6.47. The van der Waals surface area contributed by atoms with E-state index >= 15 is 0 Å². The second kappa shape index (κ2) is 2.21. The van der Waals surface area contributed by atoms with Gasteiger partial charge in [-0.3, -0.25) is 4.99 Å². The minimum absolute atomic E-state index is 0.198. The van der Waals surface area contributed by atoms with Crippen molar-refractivity contribution in [1.29, 1.82) is 0 Å². The van der Waals surface area contributed by atoms with Gasteiger partial charge in [0.05, 0.1) is 0 Å². The second-order valence-corrected chi connectivity index (χ2v) is 3.88. The molecular formula is C6H12N2S. The number of hydrogen-bond acceptors (Lipinski definition) is 3. The molecule has 0 aromatic heterocycles. The van der Waals surface area contributed by atoms with Gasteiger partial charge in [-0.15, -0.1) is 0 Å². The van der Waals surface area contributed by atoms with Crippen molar-refractivity contribution in [2.24, 2.45) is 10.4 Å². The fourth-order valence-corrected chi connectivity index (χ4v) is 1.39. The average Bonchev–Trinajstić information content (AvgIpc) is 2.08. The van der Waals surface area contributed by atoms with Crippen LogP contribution in [0, 0.1) is 5.41 Å². The van der Waals surface area contributed by atoms with Crippen LogP contribution in [0.4, 0.5) is 0 Å². The molecule has 0 atom stereocenters. The predicted octanol–water partition coefficient (Wildman–Crippen LogP) is 1.64. The minimum Gasteiger partial charge on any atom is -0.316 e. The lowest BCUT2D eigenvalue weighted by atomic mass is 9.96. The number of rotatable bonds is 0. The first-order valence-corrected chi connectivity index (χ1v) is 4.02. The summed E-state index contributed by atoms with van der Waals surface area (Å²) in [6.07, 6.45) is 0. The average molecular weight is 144 g/mol. The number of aliphatic imine (C=N–C) groups is 1. The van der Waals surface area contributed by atoms with Gasteiger partial charge >= 0.3 is 0 Å². The highest BCUT2D eigenvalue weighted by Gasteiger charge is 2.20. The monoisotopic (exact) mass is 144 g/mol. The summed E-state index contributed by atoms with van der Waals surface area (Å²) in [6, 6.07) is 0. The molecule has 0 fully saturated rings. The van der Waals surface area contributed by atoms with Crippen LogP contribution in [0.25, 0.3) is 0 Å². The van der Waals surface area contributed by atoms with Crippen LogP contribution in [0.3, 0.4) is 0 Å². The summed E-state index contributed by atoms with van der Waals surface area (Å²) >= 11 is 1.66. The van der Waals surface area contributed by atoms with Crippen LogP contribution >= 0.6 is 11.9 Å². The minimum atomic E-state index is 0.198. The molecule has 0 unspecified atom stereocenters. The lowest BCUT2D eigenvalue weighted by Crippen LogP contribution is -2.27. The molecular weight excluding hydrogens is 132 g/mol. The first-order chi connectivity index (χ1) is 4.11. The van der Waals surface area contributed by atoms with E-state index in [4.69, 9.17) is 0 Å². The highest BCUT2D eigenvalue weighted by molar-refractivity contribution is 7.98. The Morgan fingerprint density at radius 1 is 1.56 bits per heavy atom. The van der Waals surface area contributed by atoms with Gasteiger partial charge in [0, 0.05) is 5.41 Å². The molecule has 9 heavy (non-hydrogen) atoms. The van der Waals surface area contributed by atoms with Crippen molar-refractivity contribution in [2.45, 2.75) is 20.8 Å². The standard InChI is InChI=1S/C6H12N2S/c1-6(2,3)5-7-4-9-8-5/h4H2,1-3H3,(H,7,8). The topological polar surface area (TPSA) is 24.4 Å². The Morgan fingerprint density at radius 2 is 2.22 bits per heavy atom. The largest absolute Gasteiger partial charge is 0.316 e. The van der Waals surface area contributed by atoms with Gasteiger partial charge in [-0.25, -0.2) is 0 Å². The summed E-state index contributed by atoms with van der Waals surface area (Å²) in [5.41, 5.74) is 0.198. The molecule has 1 aliphatic rings. The van der Waals surface area contributed by atoms with E-state index in [-0.39, 0.29) is 5.41 Å². The van der Waals surface area contributed by atoms with Gasteiger partial charge in [0.2, 0.25) is 0 Å². The van der Waals surface area contributed by atoms with Crippen LogP contribution in [-0.4, -0.2) is 11.7 Å². The van der Waals surface area contributed by atoms with Gasteiger partial charge in [-0.1, -0.05) is 20.8 Å². The maximum Gasteiger partial charge on any atom is 0.113 e. The Bertz CT molecular complexity index is 134. The molecule has 1 aliphatic heterocycles. The number of nitrogens with one attached hydrogen (secondary N) is 1. The predicted molar refractivity (Wildman–Crippen MR) is 42.5 cm³/mol. The molecule has 0 spiro atoms. The molecule has 0 radical (unpaired) electrons. The van der Waals surface area contributed by atoms with E-state index in [0.717, 1.165) is 11.7 Å². The SMILES string of the molecule is CC(C)(C)C1=NCSN1. The van der Waals surface area contributed by atoms with Crippen LogP contribution in [0.1, 0.15) is 20.8 Å². The Kier molecular flexibility index (Phi) is 1.70. The number of nitrogens with zero attached hydrogens (tertiary/aromatic N) is 1. The van der Waals surface area contributed by atoms with Crippen molar-refractivity contribution in [2.75, 3.05) is 5.88 Å². The fourth-order valence-electron chi connectivity index (χ4n) is 0.620. The third-order valence-corrected chi connectivity index (χ3v) is 1.76. The van der Waals surface area contributed by atoms with Gasteiger partial charge in [0.15, 0.2) is 0 Å². The molecule has 0 bridgehead atoms. The zero-order chi connectivity index (χ0) is 6.91. The Hall–Kier alpha value is -0.180. The molecule has 2 nitrogen and oxygen atoms in total. The van der Waals surface area contributed by atoms with Crippen LogP contribution in [0.5, 0.6) is 0 Å². The van der Waals surface area contributed by atoms with Crippen molar-refractivity contribution in [3.8, 4) is 0 Å². The molecule has 0 saturated heterocycles. The van der Waals surface area contributed by atoms with Gasteiger partial charge in [-0.05, 0) is 11.9 Å². The van der Waals surface area contributed by atoms with E-state index < -0.39 is 0 Å². The van der Waals surface area contributed by atoms with Crippen molar-refractivity contribution >= 4 is 17.8 Å². The molecule has 0 saturated carbocycles. The molecule has 0 aromatic carbocycles. The maximum atomic E-state index is 4.28.